The highest BCUT2D eigenvalue weighted by Crippen LogP contribution is 2.34. The van der Waals surface area contributed by atoms with Gasteiger partial charge in [0.05, 0.1) is 24.0 Å². The molecule has 0 spiro atoms. The number of para-hydroxylation sites is 2. The fourth-order valence-corrected chi connectivity index (χ4v) is 2.94. The van der Waals surface area contributed by atoms with Crippen molar-refractivity contribution in [1.29, 1.82) is 0 Å². The average Bonchev–Trinajstić information content (AvgIpc) is 2.39. The Morgan fingerprint density at radius 3 is 3.06 bits per heavy atom. The van der Waals surface area contributed by atoms with Crippen LogP contribution in [0.25, 0.3) is 0 Å². The first-order valence-electron chi connectivity index (χ1n) is 6.55. The van der Waals surface area contributed by atoms with Crippen LogP contribution >= 0.6 is 0 Å². The van der Waals surface area contributed by atoms with E-state index in [9.17, 15) is 0 Å². The lowest BCUT2D eigenvalue weighted by Gasteiger charge is -2.44. The van der Waals surface area contributed by atoms with E-state index in [2.05, 4.69) is 41.4 Å². The summed E-state index contributed by atoms with van der Waals surface area (Å²) in [6.45, 7) is 5.11. The van der Waals surface area contributed by atoms with Crippen LogP contribution in [0, 0.1) is 0 Å². The molecule has 0 saturated carbocycles. The van der Waals surface area contributed by atoms with Crippen LogP contribution in [0.3, 0.4) is 0 Å². The summed E-state index contributed by atoms with van der Waals surface area (Å²) < 4.78 is 5.64. The zero-order valence-corrected chi connectivity index (χ0v) is 10.4. The third-order valence-corrected chi connectivity index (χ3v) is 3.77. The Balaban J connectivity index is 1.91. The van der Waals surface area contributed by atoms with Crippen molar-refractivity contribution in [2.24, 2.45) is 0 Å². The number of benzene rings is 1. The molecule has 3 rings (SSSR count). The van der Waals surface area contributed by atoms with Crippen LogP contribution in [0.15, 0.2) is 24.3 Å². The lowest BCUT2D eigenvalue weighted by Crippen LogP contribution is -2.51. The Hall–Kier alpha value is -1.22. The Bertz CT molecular complexity index is 388. The molecule has 2 unspecified atom stereocenters. The molecule has 2 heterocycles. The topological polar surface area (TPSA) is 24.5 Å². The van der Waals surface area contributed by atoms with E-state index in [4.69, 9.17) is 4.74 Å². The molecule has 3 heteroatoms. The molecule has 92 valence electrons. The maximum Gasteiger partial charge on any atom is 0.0670 e. The number of fused-ring (bicyclic) bond motifs is 1. The molecule has 2 aliphatic heterocycles. The van der Waals surface area contributed by atoms with Crippen molar-refractivity contribution in [1.82, 2.24) is 0 Å². The van der Waals surface area contributed by atoms with E-state index in [1.165, 1.54) is 24.2 Å². The molecule has 1 N–H and O–H groups in total. The summed E-state index contributed by atoms with van der Waals surface area (Å²) in [6, 6.07) is 9.68. The second-order valence-electron chi connectivity index (χ2n) is 5.03. The maximum atomic E-state index is 5.64. The fraction of sp³-hybridized carbons (Fsp3) is 0.571. The van der Waals surface area contributed by atoms with Crippen LogP contribution in [-0.2, 0) is 4.74 Å². The molecule has 1 saturated heterocycles. The number of hydrogen-bond acceptors (Lipinski definition) is 3. The summed E-state index contributed by atoms with van der Waals surface area (Å²) in [5, 5.41) is 3.50. The average molecular weight is 232 g/mol. The minimum absolute atomic E-state index is 0.539. The maximum absolute atomic E-state index is 5.64. The molecule has 0 aliphatic carbocycles. The Morgan fingerprint density at radius 1 is 1.35 bits per heavy atom. The number of ether oxygens (including phenoxy) is 1. The standard InChI is InChI=1S/C14H20N2O/c1-11-9-15-13-6-2-3-7-14(13)16(11)12-5-4-8-17-10-12/h2-3,6-7,11-12,15H,4-5,8-10H2,1H3. The van der Waals surface area contributed by atoms with E-state index < -0.39 is 0 Å². The van der Waals surface area contributed by atoms with Gasteiger partial charge in [0.15, 0.2) is 0 Å². The van der Waals surface area contributed by atoms with Crippen molar-refractivity contribution in [2.75, 3.05) is 30.0 Å². The molecule has 1 aromatic carbocycles. The molecular weight excluding hydrogens is 212 g/mol. The van der Waals surface area contributed by atoms with Crippen LogP contribution < -0.4 is 10.2 Å². The highest BCUT2D eigenvalue weighted by molar-refractivity contribution is 5.73. The van der Waals surface area contributed by atoms with E-state index >= 15 is 0 Å². The fourth-order valence-electron chi connectivity index (χ4n) is 2.94. The molecule has 17 heavy (non-hydrogen) atoms. The molecule has 1 fully saturated rings. The van der Waals surface area contributed by atoms with Crippen molar-refractivity contribution in [3.63, 3.8) is 0 Å². The quantitative estimate of drug-likeness (QED) is 0.805. The van der Waals surface area contributed by atoms with Gasteiger partial charge < -0.3 is 15.0 Å². The molecule has 2 atom stereocenters. The third-order valence-electron chi connectivity index (χ3n) is 3.77. The first-order chi connectivity index (χ1) is 8.36. The number of nitrogens with one attached hydrogen (secondary N) is 1. The molecule has 0 bridgehead atoms. The lowest BCUT2D eigenvalue weighted by atomic mass is 10.0. The SMILES string of the molecule is CC1CNc2ccccc2N1C1CCCOC1. The third kappa shape index (κ3) is 2.00. The van der Waals surface area contributed by atoms with Crippen molar-refractivity contribution < 1.29 is 4.74 Å². The molecule has 0 amide bonds. The second kappa shape index (κ2) is 4.57. The monoisotopic (exact) mass is 232 g/mol. The van der Waals surface area contributed by atoms with Crippen LogP contribution in [0.5, 0.6) is 0 Å². The summed E-state index contributed by atoms with van der Waals surface area (Å²) >= 11 is 0. The van der Waals surface area contributed by atoms with Crippen molar-refractivity contribution in [2.45, 2.75) is 31.8 Å². The largest absolute Gasteiger partial charge is 0.381 e. The smallest absolute Gasteiger partial charge is 0.0670 e. The molecule has 0 aromatic heterocycles. The van der Waals surface area contributed by atoms with E-state index in [0.29, 0.717) is 12.1 Å². The lowest BCUT2D eigenvalue weighted by molar-refractivity contribution is 0.0772. The van der Waals surface area contributed by atoms with Gasteiger partial charge in [-0.2, -0.15) is 0 Å². The summed E-state index contributed by atoms with van der Waals surface area (Å²) in [5.74, 6) is 0. The van der Waals surface area contributed by atoms with Crippen LogP contribution in [0.4, 0.5) is 11.4 Å². The molecular formula is C14H20N2O. The molecule has 2 aliphatic rings. The number of nitrogens with zero attached hydrogens (tertiary/aromatic N) is 1. The van der Waals surface area contributed by atoms with Crippen molar-refractivity contribution >= 4 is 11.4 Å². The Labute approximate surface area is 103 Å². The van der Waals surface area contributed by atoms with Gasteiger partial charge in [0.1, 0.15) is 0 Å². The summed E-state index contributed by atoms with van der Waals surface area (Å²) in [5.41, 5.74) is 2.60. The first-order valence-corrected chi connectivity index (χ1v) is 6.55. The van der Waals surface area contributed by atoms with Crippen LogP contribution in [-0.4, -0.2) is 31.8 Å². The number of hydrogen-bond donors (Lipinski definition) is 1. The van der Waals surface area contributed by atoms with E-state index in [0.717, 1.165) is 19.8 Å². The zero-order valence-electron chi connectivity index (χ0n) is 10.4. The molecule has 1 aromatic rings. The Kier molecular flexibility index (Phi) is 2.93. The summed E-state index contributed by atoms with van der Waals surface area (Å²) in [7, 11) is 0. The molecule has 0 radical (unpaired) electrons. The van der Waals surface area contributed by atoms with Gasteiger partial charge in [-0.05, 0) is 31.9 Å². The van der Waals surface area contributed by atoms with Gasteiger partial charge in [-0.3, -0.25) is 0 Å². The Morgan fingerprint density at radius 2 is 2.24 bits per heavy atom. The van der Waals surface area contributed by atoms with Crippen LogP contribution in [0.1, 0.15) is 19.8 Å². The number of anilines is 2. The second-order valence-corrected chi connectivity index (χ2v) is 5.03. The van der Waals surface area contributed by atoms with E-state index in [1.54, 1.807) is 0 Å². The van der Waals surface area contributed by atoms with Crippen molar-refractivity contribution in [3.8, 4) is 0 Å². The van der Waals surface area contributed by atoms with Gasteiger partial charge in [0.2, 0.25) is 0 Å². The summed E-state index contributed by atoms with van der Waals surface area (Å²) in [6.07, 6.45) is 2.43. The summed E-state index contributed by atoms with van der Waals surface area (Å²) in [4.78, 5) is 2.55. The van der Waals surface area contributed by atoms with E-state index in [-0.39, 0.29) is 0 Å². The minimum Gasteiger partial charge on any atom is -0.381 e. The highest BCUT2D eigenvalue weighted by atomic mass is 16.5. The van der Waals surface area contributed by atoms with Crippen molar-refractivity contribution in [3.05, 3.63) is 24.3 Å². The predicted octanol–water partition coefficient (Wildman–Crippen LogP) is 2.49. The van der Waals surface area contributed by atoms with Gasteiger partial charge in [0, 0.05) is 19.2 Å². The minimum atomic E-state index is 0.539. The predicted molar refractivity (Wildman–Crippen MR) is 70.7 cm³/mol. The number of rotatable bonds is 1. The van der Waals surface area contributed by atoms with Gasteiger partial charge >= 0.3 is 0 Å². The van der Waals surface area contributed by atoms with E-state index in [1.807, 2.05) is 0 Å². The first kappa shape index (κ1) is 10.9. The highest BCUT2D eigenvalue weighted by Gasteiger charge is 2.30. The molecule has 3 nitrogen and oxygen atoms in total. The van der Waals surface area contributed by atoms with Gasteiger partial charge in [-0.1, -0.05) is 12.1 Å². The van der Waals surface area contributed by atoms with Gasteiger partial charge in [-0.15, -0.1) is 0 Å². The zero-order chi connectivity index (χ0) is 11.7. The van der Waals surface area contributed by atoms with Gasteiger partial charge in [-0.25, -0.2) is 0 Å². The normalized spacial score (nSPS) is 28.4. The van der Waals surface area contributed by atoms with Gasteiger partial charge in [0.25, 0.3) is 0 Å². The van der Waals surface area contributed by atoms with Crippen LogP contribution in [0.2, 0.25) is 0 Å².